The first kappa shape index (κ1) is 20.8. The van der Waals surface area contributed by atoms with E-state index in [0.717, 1.165) is 23.4 Å². The van der Waals surface area contributed by atoms with E-state index in [2.05, 4.69) is 15.6 Å². The number of nitrogens with two attached hydrogens (primary N) is 1. The van der Waals surface area contributed by atoms with Crippen LogP contribution in [-0.4, -0.2) is 31.1 Å². The molecule has 1 amide bonds. The third-order valence-corrected chi connectivity index (χ3v) is 4.82. The molecule has 1 fully saturated rings. The van der Waals surface area contributed by atoms with Crippen molar-refractivity contribution in [3.63, 3.8) is 0 Å². The van der Waals surface area contributed by atoms with E-state index < -0.39 is 0 Å². The number of hydrogen-bond donors (Lipinski definition) is 3. The number of ether oxygens (including phenoxy) is 1. The molecular formula is C19H29IN4O2. The minimum Gasteiger partial charge on any atom is -0.492 e. The average molecular weight is 472 g/mol. The van der Waals surface area contributed by atoms with Crippen molar-refractivity contribution >= 4 is 41.5 Å². The molecule has 0 aromatic heterocycles. The number of rotatable bonds is 5. The summed E-state index contributed by atoms with van der Waals surface area (Å²) in [6, 6.07) is 6.22. The number of fused-ring (bicyclic) bond motifs is 1. The highest BCUT2D eigenvalue weighted by atomic mass is 127. The average Bonchev–Trinajstić information content (AvgIpc) is 2.87. The zero-order chi connectivity index (χ0) is 17.5. The molecule has 3 rings (SSSR count). The maximum absolute atomic E-state index is 11.4. The summed E-state index contributed by atoms with van der Waals surface area (Å²) in [5.74, 6) is 1.40. The van der Waals surface area contributed by atoms with Gasteiger partial charge in [-0.05, 0) is 43.0 Å². The molecule has 1 aliphatic heterocycles. The molecule has 0 unspecified atom stereocenters. The number of nitrogens with one attached hydrogen (secondary N) is 2. The molecule has 0 bridgehead atoms. The van der Waals surface area contributed by atoms with Crippen LogP contribution in [0.5, 0.6) is 5.75 Å². The van der Waals surface area contributed by atoms with Crippen molar-refractivity contribution < 1.29 is 9.53 Å². The van der Waals surface area contributed by atoms with Crippen LogP contribution in [0.4, 0.5) is 5.69 Å². The number of carbonyl (C=O) groups excluding carboxylic acids is 1. The predicted molar refractivity (Wildman–Crippen MR) is 115 cm³/mol. The maximum atomic E-state index is 11.4. The SMILES string of the molecule is I.NC(=NCCOc1ccc2c(c1)CCC(=O)N2)NC1CCCCCC1. The largest absolute Gasteiger partial charge is 0.492 e. The van der Waals surface area contributed by atoms with Crippen LogP contribution in [-0.2, 0) is 11.2 Å². The standard InChI is InChI=1S/C19H28N4O2.HI/c20-19(22-15-5-3-1-2-4-6-15)21-11-12-25-16-8-9-17-14(13-16)7-10-18(24)23-17;/h8-9,13,15H,1-7,10-12H2,(H,23,24)(H3,20,21,22);1H. The van der Waals surface area contributed by atoms with Crippen molar-refractivity contribution in [2.45, 2.75) is 57.4 Å². The van der Waals surface area contributed by atoms with Gasteiger partial charge in [-0.15, -0.1) is 24.0 Å². The highest BCUT2D eigenvalue weighted by molar-refractivity contribution is 14.0. The van der Waals surface area contributed by atoms with E-state index in [1.54, 1.807) is 0 Å². The first-order chi connectivity index (χ1) is 12.2. The Labute approximate surface area is 172 Å². The second kappa shape index (κ2) is 10.6. The summed E-state index contributed by atoms with van der Waals surface area (Å²) < 4.78 is 5.76. The molecule has 1 aromatic rings. The minimum absolute atomic E-state index is 0. The molecule has 0 radical (unpaired) electrons. The zero-order valence-electron chi connectivity index (χ0n) is 15.1. The molecule has 1 aliphatic carbocycles. The van der Waals surface area contributed by atoms with Crippen LogP contribution in [0.25, 0.3) is 0 Å². The monoisotopic (exact) mass is 472 g/mol. The second-order valence-corrected chi connectivity index (χ2v) is 6.82. The van der Waals surface area contributed by atoms with Gasteiger partial charge < -0.3 is 21.1 Å². The fourth-order valence-corrected chi connectivity index (χ4v) is 3.46. The van der Waals surface area contributed by atoms with Crippen molar-refractivity contribution in [2.75, 3.05) is 18.5 Å². The summed E-state index contributed by atoms with van der Waals surface area (Å²) in [5.41, 5.74) is 7.99. The summed E-state index contributed by atoms with van der Waals surface area (Å²) >= 11 is 0. The summed E-state index contributed by atoms with van der Waals surface area (Å²) in [4.78, 5) is 15.7. The van der Waals surface area contributed by atoms with Crippen molar-refractivity contribution in [2.24, 2.45) is 10.7 Å². The lowest BCUT2D eigenvalue weighted by Gasteiger charge is -2.18. The van der Waals surface area contributed by atoms with E-state index in [1.807, 2.05) is 18.2 Å². The molecule has 144 valence electrons. The molecule has 2 aliphatic rings. The summed E-state index contributed by atoms with van der Waals surface area (Å²) in [6.45, 7) is 1.01. The number of aryl methyl sites for hydroxylation is 1. The Balaban J connectivity index is 0.00000243. The van der Waals surface area contributed by atoms with Gasteiger partial charge in [-0.25, -0.2) is 4.99 Å². The number of nitrogens with zero attached hydrogens (tertiary/aromatic N) is 1. The summed E-state index contributed by atoms with van der Waals surface area (Å²) in [5, 5.41) is 6.21. The summed E-state index contributed by atoms with van der Waals surface area (Å²) in [6.07, 6.45) is 8.84. The van der Waals surface area contributed by atoms with E-state index in [0.29, 0.717) is 31.6 Å². The van der Waals surface area contributed by atoms with Crippen molar-refractivity contribution in [1.29, 1.82) is 0 Å². The number of amides is 1. The van der Waals surface area contributed by atoms with Crippen LogP contribution in [0.3, 0.4) is 0 Å². The van der Waals surface area contributed by atoms with Crippen LogP contribution >= 0.6 is 24.0 Å². The molecule has 1 aromatic carbocycles. The van der Waals surface area contributed by atoms with Gasteiger partial charge in [-0.3, -0.25) is 4.79 Å². The van der Waals surface area contributed by atoms with E-state index in [4.69, 9.17) is 10.5 Å². The van der Waals surface area contributed by atoms with Gasteiger partial charge in [0, 0.05) is 18.2 Å². The minimum atomic E-state index is 0. The fraction of sp³-hybridized carbons (Fsp3) is 0.579. The van der Waals surface area contributed by atoms with Gasteiger partial charge in [0.25, 0.3) is 0 Å². The molecule has 1 heterocycles. The topological polar surface area (TPSA) is 88.7 Å². The lowest BCUT2D eigenvalue weighted by atomic mass is 10.0. The number of carbonyl (C=O) groups is 1. The van der Waals surface area contributed by atoms with Gasteiger partial charge >= 0.3 is 0 Å². The number of halogens is 1. The Morgan fingerprint density at radius 2 is 2.00 bits per heavy atom. The first-order valence-electron chi connectivity index (χ1n) is 9.33. The van der Waals surface area contributed by atoms with Crippen LogP contribution in [0.2, 0.25) is 0 Å². The van der Waals surface area contributed by atoms with Crippen molar-refractivity contribution in [3.05, 3.63) is 23.8 Å². The number of benzene rings is 1. The maximum Gasteiger partial charge on any atom is 0.224 e. The van der Waals surface area contributed by atoms with Crippen LogP contribution in [0, 0.1) is 0 Å². The van der Waals surface area contributed by atoms with E-state index >= 15 is 0 Å². The molecule has 0 atom stereocenters. The Morgan fingerprint density at radius 1 is 1.23 bits per heavy atom. The molecule has 1 saturated carbocycles. The third kappa shape index (κ3) is 6.34. The van der Waals surface area contributed by atoms with Gasteiger partial charge in [0.05, 0.1) is 6.54 Å². The van der Waals surface area contributed by atoms with Gasteiger partial charge in [0.15, 0.2) is 5.96 Å². The predicted octanol–water partition coefficient (Wildman–Crippen LogP) is 3.20. The normalized spacial score (nSPS) is 18.2. The van der Waals surface area contributed by atoms with Crippen LogP contribution < -0.4 is 21.1 Å². The number of aliphatic imine (C=N–C) groups is 1. The van der Waals surface area contributed by atoms with Crippen LogP contribution in [0.1, 0.15) is 50.5 Å². The number of hydrogen-bond acceptors (Lipinski definition) is 3. The van der Waals surface area contributed by atoms with Gasteiger partial charge in [-0.2, -0.15) is 0 Å². The summed E-state index contributed by atoms with van der Waals surface area (Å²) in [7, 11) is 0. The highest BCUT2D eigenvalue weighted by Crippen LogP contribution is 2.26. The first-order valence-corrected chi connectivity index (χ1v) is 9.33. The second-order valence-electron chi connectivity index (χ2n) is 6.82. The van der Waals surface area contributed by atoms with Crippen LogP contribution in [0.15, 0.2) is 23.2 Å². The zero-order valence-corrected chi connectivity index (χ0v) is 17.5. The number of guanidine groups is 1. The Morgan fingerprint density at radius 3 is 2.77 bits per heavy atom. The molecule has 6 nitrogen and oxygen atoms in total. The molecule has 26 heavy (non-hydrogen) atoms. The van der Waals surface area contributed by atoms with Crippen molar-refractivity contribution in [1.82, 2.24) is 5.32 Å². The van der Waals surface area contributed by atoms with Gasteiger partial charge in [0.2, 0.25) is 5.91 Å². The molecule has 7 heteroatoms. The highest BCUT2D eigenvalue weighted by Gasteiger charge is 2.15. The number of anilines is 1. The smallest absolute Gasteiger partial charge is 0.224 e. The Hall–Kier alpha value is -1.51. The third-order valence-electron chi connectivity index (χ3n) is 4.82. The lowest BCUT2D eigenvalue weighted by Crippen LogP contribution is -2.40. The van der Waals surface area contributed by atoms with Crippen molar-refractivity contribution in [3.8, 4) is 5.75 Å². The Bertz CT molecular complexity index is 628. The van der Waals surface area contributed by atoms with E-state index in [-0.39, 0.29) is 29.9 Å². The Kier molecular flexibility index (Phi) is 8.47. The molecule has 0 saturated heterocycles. The molecular weight excluding hydrogens is 443 g/mol. The van der Waals surface area contributed by atoms with Gasteiger partial charge in [0.1, 0.15) is 12.4 Å². The fourth-order valence-electron chi connectivity index (χ4n) is 3.46. The van der Waals surface area contributed by atoms with Gasteiger partial charge in [-0.1, -0.05) is 25.7 Å². The lowest BCUT2D eigenvalue weighted by molar-refractivity contribution is -0.116. The quantitative estimate of drug-likeness (QED) is 0.202. The molecule has 0 spiro atoms. The van der Waals surface area contributed by atoms with E-state index in [1.165, 1.54) is 38.5 Å². The van der Waals surface area contributed by atoms with E-state index in [9.17, 15) is 4.79 Å². The molecule has 4 N–H and O–H groups in total.